The van der Waals surface area contributed by atoms with E-state index in [1.54, 1.807) is 11.6 Å². The average Bonchev–Trinajstić information content (AvgIpc) is 2.02. The molecule has 0 aromatic rings. The van der Waals surface area contributed by atoms with Crippen LogP contribution in [0.5, 0.6) is 0 Å². The molecule has 0 aromatic carbocycles. The molecule has 0 aliphatic heterocycles. The zero-order chi connectivity index (χ0) is 11.6. The molecular formula is C6H12F2N2O2S2. The summed E-state index contributed by atoms with van der Waals surface area (Å²) in [4.78, 5) is -0.163. The summed E-state index contributed by atoms with van der Waals surface area (Å²) in [6, 6.07) is 0. The zero-order valence-corrected chi connectivity index (χ0v) is 9.38. The Balaban J connectivity index is 4.90. The molecule has 0 amide bonds. The van der Waals surface area contributed by atoms with Gasteiger partial charge in [0.2, 0.25) is 0 Å². The smallest absolute Gasteiger partial charge is 0.350 e. The van der Waals surface area contributed by atoms with E-state index in [1.165, 1.54) is 6.92 Å². The molecule has 0 bridgehead atoms. The highest BCUT2D eigenvalue weighted by Crippen LogP contribution is 2.14. The van der Waals surface area contributed by atoms with Crippen LogP contribution in [0.2, 0.25) is 0 Å². The van der Waals surface area contributed by atoms with E-state index in [9.17, 15) is 17.2 Å². The molecular weight excluding hydrogens is 234 g/mol. The number of halogens is 2. The third-order valence-corrected chi connectivity index (χ3v) is 3.51. The van der Waals surface area contributed by atoms with Gasteiger partial charge in [0.15, 0.2) is 0 Å². The van der Waals surface area contributed by atoms with Crippen LogP contribution in [0.15, 0.2) is 0 Å². The SMILES string of the molecule is CCC(C)(NS(=O)(=O)C(F)F)C(N)=S. The van der Waals surface area contributed by atoms with Gasteiger partial charge < -0.3 is 5.73 Å². The topological polar surface area (TPSA) is 72.2 Å². The van der Waals surface area contributed by atoms with Gasteiger partial charge in [-0.2, -0.15) is 13.5 Å². The van der Waals surface area contributed by atoms with E-state index in [4.69, 9.17) is 5.73 Å². The zero-order valence-electron chi connectivity index (χ0n) is 7.75. The second-order valence-electron chi connectivity index (χ2n) is 2.96. The summed E-state index contributed by atoms with van der Waals surface area (Å²) in [5.74, 6) is -3.48. The van der Waals surface area contributed by atoms with Crippen LogP contribution in [0, 0.1) is 0 Å². The highest BCUT2D eigenvalue weighted by Gasteiger charge is 2.35. The number of thiocarbonyl (C=S) groups is 1. The summed E-state index contributed by atoms with van der Waals surface area (Å²) in [5.41, 5.74) is 3.95. The molecule has 0 aliphatic rings. The molecule has 0 saturated carbocycles. The van der Waals surface area contributed by atoms with Gasteiger partial charge in [-0.25, -0.2) is 8.42 Å². The van der Waals surface area contributed by atoms with Gasteiger partial charge in [0.05, 0.1) is 10.5 Å². The lowest BCUT2D eigenvalue weighted by Crippen LogP contribution is -2.55. The highest BCUT2D eigenvalue weighted by atomic mass is 32.2. The fourth-order valence-electron chi connectivity index (χ4n) is 0.655. The predicted molar refractivity (Wildman–Crippen MR) is 53.5 cm³/mol. The van der Waals surface area contributed by atoms with Crippen molar-refractivity contribution in [2.45, 2.75) is 31.6 Å². The molecule has 0 aromatic heterocycles. The van der Waals surface area contributed by atoms with E-state index in [2.05, 4.69) is 12.2 Å². The van der Waals surface area contributed by atoms with Crippen LogP contribution in [-0.2, 0) is 10.0 Å². The summed E-state index contributed by atoms with van der Waals surface area (Å²) in [6.45, 7) is 2.95. The summed E-state index contributed by atoms with van der Waals surface area (Å²) in [7, 11) is -4.66. The minimum atomic E-state index is -4.66. The lowest BCUT2D eigenvalue weighted by atomic mass is 10.0. The first-order valence-electron chi connectivity index (χ1n) is 3.76. The van der Waals surface area contributed by atoms with E-state index in [-0.39, 0.29) is 11.4 Å². The molecule has 0 heterocycles. The van der Waals surface area contributed by atoms with Crippen molar-refractivity contribution in [1.82, 2.24) is 4.72 Å². The average molecular weight is 246 g/mol. The first-order chi connectivity index (χ1) is 6.15. The molecule has 0 spiro atoms. The molecule has 0 radical (unpaired) electrons. The van der Waals surface area contributed by atoms with Gasteiger partial charge in [0, 0.05) is 0 Å². The Labute approximate surface area is 86.9 Å². The first kappa shape index (κ1) is 13.7. The molecule has 3 N–H and O–H groups in total. The monoisotopic (exact) mass is 246 g/mol. The quantitative estimate of drug-likeness (QED) is 0.696. The fraction of sp³-hybridized carbons (Fsp3) is 0.833. The van der Waals surface area contributed by atoms with Crippen molar-refractivity contribution in [2.75, 3.05) is 0 Å². The number of hydrogen-bond donors (Lipinski definition) is 2. The van der Waals surface area contributed by atoms with Crippen LogP contribution in [0.3, 0.4) is 0 Å². The van der Waals surface area contributed by atoms with Crippen molar-refractivity contribution >= 4 is 27.2 Å². The van der Waals surface area contributed by atoms with Gasteiger partial charge >= 0.3 is 5.76 Å². The van der Waals surface area contributed by atoms with Gasteiger partial charge in [-0.05, 0) is 13.3 Å². The Morgan fingerprint density at radius 3 is 2.29 bits per heavy atom. The molecule has 4 nitrogen and oxygen atoms in total. The summed E-state index contributed by atoms with van der Waals surface area (Å²) in [6.07, 6.45) is 0.203. The van der Waals surface area contributed by atoms with Crippen LogP contribution in [-0.4, -0.2) is 24.7 Å². The second kappa shape index (κ2) is 4.45. The van der Waals surface area contributed by atoms with Gasteiger partial charge in [-0.3, -0.25) is 0 Å². The first-order valence-corrected chi connectivity index (χ1v) is 5.72. The maximum Gasteiger partial charge on any atom is 0.350 e. The van der Waals surface area contributed by atoms with E-state index in [0.717, 1.165) is 0 Å². The Morgan fingerprint density at radius 2 is 2.07 bits per heavy atom. The van der Waals surface area contributed by atoms with Crippen LogP contribution in [0.1, 0.15) is 20.3 Å². The van der Waals surface area contributed by atoms with E-state index in [1.807, 2.05) is 0 Å². The normalized spacial score (nSPS) is 16.6. The molecule has 84 valence electrons. The van der Waals surface area contributed by atoms with Crippen LogP contribution in [0.4, 0.5) is 8.78 Å². The van der Waals surface area contributed by atoms with Crippen molar-refractivity contribution in [3.05, 3.63) is 0 Å². The third-order valence-electron chi connectivity index (χ3n) is 1.85. The van der Waals surface area contributed by atoms with Gasteiger partial charge in [-0.15, -0.1) is 0 Å². The number of hydrogen-bond acceptors (Lipinski definition) is 3. The molecule has 0 fully saturated rings. The number of nitrogens with one attached hydrogen (secondary N) is 1. The lowest BCUT2D eigenvalue weighted by molar-refractivity contribution is 0.230. The lowest BCUT2D eigenvalue weighted by Gasteiger charge is -2.27. The van der Waals surface area contributed by atoms with Gasteiger partial charge in [0.1, 0.15) is 0 Å². The summed E-state index contributed by atoms with van der Waals surface area (Å²) in [5, 5.41) is 0. The van der Waals surface area contributed by atoms with Crippen molar-refractivity contribution < 1.29 is 17.2 Å². The highest BCUT2D eigenvalue weighted by molar-refractivity contribution is 7.90. The second-order valence-corrected chi connectivity index (χ2v) is 5.05. The number of rotatable bonds is 5. The van der Waals surface area contributed by atoms with Crippen molar-refractivity contribution in [2.24, 2.45) is 5.73 Å². The summed E-state index contributed by atoms with van der Waals surface area (Å²) < 4.78 is 47.5. The largest absolute Gasteiger partial charge is 0.392 e. The Morgan fingerprint density at radius 1 is 1.64 bits per heavy atom. The Bertz CT molecular complexity index is 318. The van der Waals surface area contributed by atoms with Crippen molar-refractivity contribution in [1.29, 1.82) is 0 Å². The van der Waals surface area contributed by atoms with Crippen molar-refractivity contribution in [3.63, 3.8) is 0 Å². The third kappa shape index (κ3) is 3.10. The van der Waals surface area contributed by atoms with Gasteiger partial charge in [0.25, 0.3) is 10.0 Å². The Kier molecular flexibility index (Phi) is 4.34. The maximum absolute atomic E-state index is 12.0. The molecule has 14 heavy (non-hydrogen) atoms. The van der Waals surface area contributed by atoms with Crippen molar-refractivity contribution in [3.8, 4) is 0 Å². The van der Waals surface area contributed by atoms with E-state index >= 15 is 0 Å². The van der Waals surface area contributed by atoms with Crippen LogP contribution in [0.25, 0.3) is 0 Å². The standard InChI is InChI=1S/C6H12F2N2O2S2/c1-3-6(2,4(9)13)10-14(11,12)5(7)8/h5,10H,3H2,1-2H3,(H2,9,13). The summed E-state index contributed by atoms with van der Waals surface area (Å²) >= 11 is 4.59. The molecule has 0 rings (SSSR count). The fourth-order valence-corrected chi connectivity index (χ4v) is 1.89. The van der Waals surface area contributed by atoms with Gasteiger partial charge in [-0.1, -0.05) is 19.1 Å². The van der Waals surface area contributed by atoms with Crippen LogP contribution < -0.4 is 10.5 Å². The minimum absolute atomic E-state index is 0.163. The Hall–Kier alpha value is -0.340. The maximum atomic E-state index is 12.0. The molecule has 0 aliphatic carbocycles. The van der Waals surface area contributed by atoms with E-state index < -0.39 is 21.3 Å². The van der Waals surface area contributed by atoms with E-state index in [0.29, 0.717) is 0 Å². The number of alkyl halides is 2. The molecule has 8 heteroatoms. The predicted octanol–water partition coefficient (Wildman–Crippen LogP) is 0.583. The molecule has 1 atom stereocenters. The number of nitrogens with two attached hydrogens (primary N) is 1. The molecule has 0 saturated heterocycles. The minimum Gasteiger partial charge on any atom is -0.392 e. The number of sulfonamides is 1. The van der Waals surface area contributed by atoms with Crippen LogP contribution >= 0.6 is 12.2 Å². The molecule has 1 unspecified atom stereocenters.